The number of halogens is 1. The first-order valence-electron chi connectivity index (χ1n) is 5.98. The maximum absolute atomic E-state index is 13.8. The summed E-state index contributed by atoms with van der Waals surface area (Å²) in [6.45, 7) is 2.07. The Morgan fingerprint density at radius 2 is 2.17 bits per heavy atom. The lowest BCUT2D eigenvalue weighted by Gasteiger charge is -2.19. The molecule has 94 valence electrons. The molecule has 0 fully saturated rings. The summed E-state index contributed by atoms with van der Waals surface area (Å²) in [6.07, 6.45) is 5.43. The Balaban J connectivity index is 2.49. The van der Waals surface area contributed by atoms with E-state index in [1.54, 1.807) is 25.5 Å². The lowest BCUT2D eigenvalue weighted by molar-refractivity contribution is 0.563. The molecule has 0 bridgehead atoms. The van der Waals surface area contributed by atoms with E-state index in [1.165, 1.54) is 6.20 Å². The van der Waals surface area contributed by atoms with Crippen LogP contribution in [0.4, 0.5) is 4.39 Å². The molecular formula is C14H16FN3. The fourth-order valence-electron chi connectivity index (χ4n) is 2.07. The van der Waals surface area contributed by atoms with Crippen molar-refractivity contribution in [1.29, 1.82) is 0 Å². The first-order valence-corrected chi connectivity index (χ1v) is 5.98. The molecule has 1 N–H and O–H groups in total. The number of hydrogen-bond donors (Lipinski definition) is 1. The van der Waals surface area contributed by atoms with Crippen LogP contribution in [-0.2, 0) is 6.42 Å². The molecule has 1 unspecified atom stereocenters. The van der Waals surface area contributed by atoms with Gasteiger partial charge in [-0.05, 0) is 31.2 Å². The highest BCUT2D eigenvalue weighted by Crippen LogP contribution is 2.24. The van der Waals surface area contributed by atoms with Gasteiger partial charge in [0.05, 0.1) is 17.9 Å². The van der Waals surface area contributed by atoms with Crippen LogP contribution >= 0.6 is 0 Å². The molecule has 0 amide bonds. The van der Waals surface area contributed by atoms with Crippen LogP contribution in [0.1, 0.15) is 29.8 Å². The molecule has 0 saturated carbocycles. The van der Waals surface area contributed by atoms with Crippen molar-refractivity contribution in [1.82, 2.24) is 15.3 Å². The van der Waals surface area contributed by atoms with E-state index in [1.807, 2.05) is 12.1 Å². The summed E-state index contributed by atoms with van der Waals surface area (Å²) in [4.78, 5) is 8.16. The molecule has 18 heavy (non-hydrogen) atoms. The van der Waals surface area contributed by atoms with Gasteiger partial charge in [0.2, 0.25) is 0 Å². The predicted molar refractivity (Wildman–Crippen MR) is 68.7 cm³/mol. The van der Waals surface area contributed by atoms with E-state index in [2.05, 4.69) is 22.2 Å². The number of nitrogens with one attached hydrogen (secondary N) is 1. The minimum atomic E-state index is -0.315. The Bertz CT molecular complexity index is 528. The number of rotatable bonds is 4. The highest BCUT2D eigenvalue weighted by molar-refractivity contribution is 5.32. The number of aromatic nitrogens is 2. The number of aryl methyl sites for hydroxylation is 1. The second kappa shape index (κ2) is 5.69. The molecule has 1 atom stereocenters. The van der Waals surface area contributed by atoms with E-state index in [-0.39, 0.29) is 11.9 Å². The average molecular weight is 245 g/mol. The van der Waals surface area contributed by atoms with Crippen LogP contribution in [0.15, 0.2) is 36.8 Å². The molecule has 0 saturated heterocycles. The summed E-state index contributed by atoms with van der Waals surface area (Å²) in [5, 5.41) is 3.12. The molecule has 0 radical (unpaired) electrons. The molecule has 0 spiro atoms. The number of nitrogens with zero attached hydrogens (tertiary/aromatic N) is 2. The van der Waals surface area contributed by atoms with Crippen molar-refractivity contribution in [3.63, 3.8) is 0 Å². The fourth-order valence-corrected chi connectivity index (χ4v) is 2.07. The molecule has 0 aromatic carbocycles. The first kappa shape index (κ1) is 12.6. The van der Waals surface area contributed by atoms with Gasteiger partial charge in [-0.25, -0.2) is 4.39 Å². The Labute approximate surface area is 106 Å². The van der Waals surface area contributed by atoms with E-state index in [0.29, 0.717) is 5.56 Å². The summed E-state index contributed by atoms with van der Waals surface area (Å²) < 4.78 is 13.8. The van der Waals surface area contributed by atoms with Gasteiger partial charge in [-0.2, -0.15) is 0 Å². The molecule has 3 nitrogen and oxygen atoms in total. The first-order chi connectivity index (χ1) is 8.77. The van der Waals surface area contributed by atoms with Crippen molar-refractivity contribution in [3.8, 4) is 0 Å². The minimum Gasteiger partial charge on any atom is -0.308 e. The summed E-state index contributed by atoms with van der Waals surface area (Å²) in [5.74, 6) is -0.315. The van der Waals surface area contributed by atoms with Gasteiger partial charge in [-0.3, -0.25) is 9.97 Å². The zero-order valence-corrected chi connectivity index (χ0v) is 10.5. The largest absolute Gasteiger partial charge is 0.308 e. The molecule has 0 aliphatic rings. The highest BCUT2D eigenvalue weighted by atomic mass is 19.1. The molecule has 0 aliphatic carbocycles. The lowest BCUT2D eigenvalue weighted by Crippen LogP contribution is -2.21. The van der Waals surface area contributed by atoms with E-state index in [9.17, 15) is 4.39 Å². The Morgan fingerprint density at radius 1 is 1.33 bits per heavy atom. The molecule has 2 rings (SSSR count). The number of pyridine rings is 2. The third kappa shape index (κ3) is 2.38. The van der Waals surface area contributed by atoms with Crippen LogP contribution in [0, 0.1) is 5.82 Å². The van der Waals surface area contributed by atoms with E-state index < -0.39 is 0 Å². The fraction of sp³-hybridized carbons (Fsp3) is 0.286. The predicted octanol–water partition coefficient (Wildman–Crippen LogP) is 2.49. The average Bonchev–Trinajstić information content (AvgIpc) is 2.42. The van der Waals surface area contributed by atoms with Crippen LogP contribution in [0.5, 0.6) is 0 Å². The normalized spacial score (nSPS) is 12.4. The Hall–Kier alpha value is -1.81. The van der Waals surface area contributed by atoms with Crippen LogP contribution in [0.2, 0.25) is 0 Å². The Kier molecular flexibility index (Phi) is 3.99. The van der Waals surface area contributed by atoms with Crippen molar-refractivity contribution in [3.05, 3.63) is 59.4 Å². The van der Waals surface area contributed by atoms with Gasteiger partial charge >= 0.3 is 0 Å². The van der Waals surface area contributed by atoms with E-state index in [0.717, 1.165) is 17.7 Å². The van der Waals surface area contributed by atoms with Crippen molar-refractivity contribution in [2.45, 2.75) is 19.4 Å². The molecule has 2 heterocycles. The van der Waals surface area contributed by atoms with E-state index >= 15 is 0 Å². The summed E-state index contributed by atoms with van der Waals surface area (Å²) >= 11 is 0. The second-order valence-corrected chi connectivity index (χ2v) is 4.02. The van der Waals surface area contributed by atoms with Crippen LogP contribution in [-0.4, -0.2) is 17.0 Å². The molecule has 2 aromatic heterocycles. The van der Waals surface area contributed by atoms with E-state index in [4.69, 9.17) is 0 Å². The molecular weight excluding hydrogens is 229 g/mol. The quantitative estimate of drug-likeness (QED) is 0.899. The van der Waals surface area contributed by atoms with Gasteiger partial charge in [-0.1, -0.05) is 13.0 Å². The van der Waals surface area contributed by atoms with Gasteiger partial charge in [0, 0.05) is 18.0 Å². The van der Waals surface area contributed by atoms with Crippen LogP contribution in [0.25, 0.3) is 0 Å². The van der Waals surface area contributed by atoms with Crippen molar-refractivity contribution in [2.24, 2.45) is 0 Å². The third-order valence-electron chi connectivity index (χ3n) is 2.98. The van der Waals surface area contributed by atoms with Gasteiger partial charge in [0.1, 0.15) is 5.82 Å². The van der Waals surface area contributed by atoms with Crippen molar-refractivity contribution < 1.29 is 4.39 Å². The van der Waals surface area contributed by atoms with Gasteiger partial charge in [0.25, 0.3) is 0 Å². The summed E-state index contributed by atoms with van der Waals surface area (Å²) in [6, 6.07) is 5.36. The minimum absolute atomic E-state index is 0.246. The zero-order chi connectivity index (χ0) is 13.0. The van der Waals surface area contributed by atoms with Gasteiger partial charge in [-0.15, -0.1) is 0 Å². The van der Waals surface area contributed by atoms with Crippen LogP contribution in [0.3, 0.4) is 0 Å². The SMILES string of the molecule is CCc1cccnc1C(NC)c1ccncc1F. The van der Waals surface area contributed by atoms with Gasteiger partial charge < -0.3 is 5.32 Å². The second-order valence-electron chi connectivity index (χ2n) is 4.02. The van der Waals surface area contributed by atoms with Crippen molar-refractivity contribution >= 4 is 0 Å². The Morgan fingerprint density at radius 3 is 2.83 bits per heavy atom. The summed E-state index contributed by atoms with van der Waals surface area (Å²) in [5.41, 5.74) is 2.56. The standard InChI is InChI=1S/C14H16FN3/c1-3-10-5-4-7-18-13(10)14(16-2)11-6-8-17-9-12(11)15/h4-9,14,16H,3H2,1-2H3. The lowest BCUT2D eigenvalue weighted by atomic mass is 9.99. The van der Waals surface area contributed by atoms with Crippen molar-refractivity contribution in [2.75, 3.05) is 7.05 Å². The molecule has 4 heteroatoms. The number of hydrogen-bond acceptors (Lipinski definition) is 3. The van der Waals surface area contributed by atoms with Gasteiger partial charge in [0.15, 0.2) is 0 Å². The maximum atomic E-state index is 13.8. The maximum Gasteiger partial charge on any atom is 0.146 e. The molecule has 0 aliphatic heterocycles. The summed E-state index contributed by atoms with van der Waals surface area (Å²) in [7, 11) is 1.80. The molecule has 2 aromatic rings. The monoisotopic (exact) mass is 245 g/mol. The third-order valence-corrected chi connectivity index (χ3v) is 2.98. The zero-order valence-electron chi connectivity index (χ0n) is 10.5. The smallest absolute Gasteiger partial charge is 0.146 e. The topological polar surface area (TPSA) is 37.8 Å². The van der Waals surface area contributed by atoms with Crippen LogP contribution < -0.4 is 5.32 Å². The highest BCUT2D eigenvalue weighted by Gasteiger charge is 2.19.